The monoisotopic (exact) mass is 1070 g/mol. The highest BCUT2D eigenvalue weighted by Gasteiger charge is 2.19. The molecule has 0 aliphatic carbocycles. The van der Waals surface area contributed by atoms with Crippen molar-refractivity contribution in [3.8, 4) is 0 Å². The Morgan fingerprint density at radius 1 is 0.273 bits per heavy atom. The van der Waals surface area contributed by atoms with Gasteiger partial charge in [-0.15, -0.1) is 0 Å². The molecule has 1 atom stereocenters. The molecule has 77 heavy (non-hydrogen) atoms. The lowest BCUT2D eigenvalue weighted by atomic mass is 10.0. The second-order valence-corrected chi connectivity index (χ2v) is 20.9. The average molecular weight is 1070 g/mol. The molecule has 0 radical (unpaired) electrons. The highest BCUT2D eigenvalue weighted by molar-refractivity contribution is 5.71. The highest BCUT2D eigenvalue weighted by atomic mass is 16.6. The smallest absolute Gasteiger partial charge is 0.306 e. The van der Waals surface area contributed by atoms with E-state index in [1.165, 1.54) is 116 Å². The second-order valence-electron chi connectivity index (χ2n) is 20.9. The van der Waals surface area contributed by atoms with Gasteiger partial charge in [0.25, 0.3) is 0 Å². The van der Waals surface area contributed by atoms with Gasteiger partial charge in [0.2, 0.25) is 0 Å². The maximum Gasteiger partial charge on any atom is 0.306 e. The predicted octanol–water partition coefficient (Wildman–Crippen LogP) is 22.0. The molecule has 0 rings (SSSR count). The van der Waals surface area contributed by atoms with Crippen LogP contribution in [0, 0.1) is 0 Å². The lowest BCUT2D eigenvalue weighted by molar-refractivity contribution is -0.167. The van der Waals surface area contributed by atoms with Gasteiger partial charge in [-0.1, -0.05) is 284 Å². The van der Waals surface area contributed by atoms with Crippen LogP contribution >= 0.6 is 0 Å². The van der Waals surface area contributed by atoms with Crippen LogP contribution in [-0.2, 0) is 28.6 Å². The Kier molecular flexibility index (Phi) is 60.8. The van der Waals surface area contributed by atoms with Crippen LogP contribution in [0.1, 0.15) is 290 Å². The summed E-state index contributed by atoms with van der Waals surface area (Å²) in [5.74, 6) is -0.933. The van der Waals surface area contributed by atoms with Gasteiger partial charge in [0.1, 0.15) is 13.2 Å². The molecule has 0 aliphatic rings. The Bertz CT molecular complexity index is 1600. The number of rotatable bonds is 57. The minimum absolute atomic E-state index is 0.0905. The van der Waals surface area contributed by atoms with E-state index in [1.54, 1.807) is 0 Å². The maximum atomic E-state index is 12.8. The first kappa shape index (κ1) is 72.8. The number of allylic oxidation sites excluding steroid dienone is 20. The van der Waals surface area contributed by atoms with Crippen LogP contribution in [0.5, 0.6) is 0 Å². The third-order valence-corrected chi connectivity index (χ3v) is 13.5. The summed E-state index contributed by atoms with van der Waals surface area (Å²) in [6.45, 7) is 6.31. The van der Waals surface area contributed by atoms with E-state index >= 15 is 0 Å². The summed E-state index contributed by atoms with van der Waals surface area (Å²) in [5.41, 5.74) is 0. The van der Waals surface area contributed by atoms with Crippen molar-refractivity contribution < 1.29 is 28.6 Å². The van der Waals surface area contributed by atoms with Crippen molar-refractivity contribution >= 4 is 17.9 Å². The van der Waals surface area contributed by atoms with Gasteiger partial charge in [0, 0.05) is 19.3 Å². The minimum Gasteiger partial charge on any atom is -0.462 e. The fraction of sp³-hybridized carbons (Fsp3) is 0.676. The van der Waals surface area contributed by atoms with Gasteiger partial charge in [0.15, 0.2) is 6.10 Å². The van der Waals surface area contributed by atoms with Crippen LogP contribution in [0.3, 0.4) is 0 Å². The normalized spacial score (nSPS) is 12.9. The van der Waals surface area contributed by atoms with E-state index in [1.807, 2.05) is 0 Å². The van der Waals surface area contributed by atoms with Crippen LogP contribution in [-0.4, -0.2) is 37.2 Å². The Labute approximate surface area is 475 Å². The number of hydrogen-bond acceptors (Lipinski definition) is 6. The quantitative estimate of drug-likeness (QED) is 0.0261. The number of hydrogen-bond donors (Lipinski definition) is 0. The zero-order valence-corrected chi connectivity index (χ0v) is 50.2. The number of esters is 3. The van der Waals surface area contributed by atoms with Gasteiger partial charge in [-0.3, -0.25) is 14.4 Å². The fourth-order valence-corrected chi connectivity index (χ4v) is 8.73. The Morgan fingerprint density at radius 3 is 0.805 bits per heavy atom. The van der Waals surface area contributed by atoms with Crippen LogP contribution in [0.4, 0.5) is 0 Å². The molecular formula is C71H118O6. The predicted molar refractivity (Wildman–Crippen MR) is 334 cm³/mol. The summed E-state index contributed by atoms with van der Waals surface area (Å²) in [6, 6.07) is 0. The summed E-state index contributed by atoms with van der Waals surface area (Å²) < 4.78 is 16.7. The van der Waals surface area contributed by atoms with Gasteiger partial charge >= 0.3 is 17.9 Å². The molecule has 0 heterocycles. The molecule has 438 valence electrons. The lowest BCUT2D eigenvalue weighted by Gasteiger charge is -2.18. The van der Waals surface area contributed by atoms with Crippen molar-refractivity contribution in [2.24, 2.45) is 0 Å². The van der Waals surface area contributed by atoms with E-state index in [2.05, 4.69) is 142 Å². The number of ether oxygens (including phenoxy) is 3. The Hall–Kier alpha value is -4.19. The summed E-state index contributed by atoms with van der Waals surface area (Å²) in [6.07, 6.45) is 89.9. The van der Waals surface area contributed by atoms with Gasteiger partial charge in [0.05, 0.1) is 0 Å². The summed E-state index contributed by atoms with van der Waals surface area (Å²) in [4.78, 5) is 37.9. The lowest BCUT2D eigenvalue weighted by Crippen LogP contribution is -2.30. The number of carbonyl (C=O) groups is 3. The first-order chi connectivity index (χ1) is 38.0. The van der Waals surface area contributed by atoms with Crippen molar-refractivity contribution in [1.29, 1.82) is 0 Å². The molecule has 0 saturated carbocycles. The van der Waals surface area contributed by atoms with E-state index in [0.29, 0.717) is 12.8 Å². The van der Waals surface area contributed by atoms with Crippen molar-refractivity contribution in [3.05, 3.63) is 122 Å². The molecule has 0 aromatic heterocycles. The van der Waals surface area contributed by atoms with Gasteiger partial charge < -0.3 is 14.2 Å². The molecule has 0 aromatic carbocycles. The highest BCUT2D eigenvalue weighted by Crippen LogP contribution is 2.16. The molecule has 0 saturated heterocycles. The average Bonchev–Trinajstić information content (AvgIpc) is 3.43. The topological polar surface area (TPSA) is 78.9 Å². The SMILES string of the molecule is CC/C=C\C/C=C\C/C=C\C/C=C\C/C=C\CCCCCCCCCCCCCCCCCCCCCC(=O)OCC(COC(=O)CCCCCCC)OC(=O)CCCCC/C=C\C/C=C\C/C=C\C/C=C\C/C=C\CC. The Balaban J connectivity index is 3.98. The summed E-state index contributed by atoms with van der Waals surface area (Å²) in [5, 5.41) is 0. The van der Waals surface area contributed by atoms with E-state index in [0.717, 1.165) is 135 Å². The molecule has 6 nitrogen and oxygen atoms in total. The maximum absolute atomic E-state index is 12.8. The van der Waals surface area contributed by atoms with Crippen molar-refractivity contribution in [1.82, 2.24) is 0 Å². The van der Waals surface area contributed by atoms with Crippen LogP contribution in [0.2, 0.25) is 0 Å². The molecule has 0 aromatic rings. The van der Waals surface area contributed by atoms with E-state index in [9.17, 15) is 14.4 Å². The molecule has 0 fully saturated rings. The number of unbranched alkanes of at least 4 members (excludes halogenated alkanes) is 26. The summed E-state index contributed by atoms with van der Waals surface area (Å²) >= 11 is 0. The molecule has 0 spiro atoms. The first-order valence-corrected chi connectivity index (χ1v) is 32.0. The van der Waals surface area contributed by atoms with Crippen LogP contribution in [0.25, 0.3) is 0 Å². The van der Waals surface area contributed by atoms with Gasteiger partial charge in [-0.25, -0.2) is 0 Å². The zero-order chi connectivity index (χ0) is 55.7. The first-order valence-electron chi connectivity index (χ1n) is 32.0. The molecule has 0 N–H and O–H groups in total. The van der Waals surface area contributed by atoms with Gasteiger partial charge in [-0.2, -0.15) is 0 Å². The third-order valence-electron chi connectivity index (χ3n) is 13.5. The largest absolute Gasteiger partial charge is 0.462 e. The summed E-state index contributed by atoms with van der Waals surface area (Å²) in [7, 11) is 0. The molecule has 6 heteroatoms. The molecule has 1 unspecified atom stereocenters. The van der Waals surface area contributed by atoms with Crippen LogP contribution in [0.15, 0.2) is 122 Å². The van der Waals surface area contributed by atoms with Crippen molar-refractivity contribution in [3.63, 3.8) is 0 Å². The molecule has 0 amide bonds. The van der Waals surface area contributed by atoms with Crippen LogP contribution < -0.4 is 0 Å². The molecule has 0 aliphatic heterocycles. The molecular weight excluding hydrogens is 949 g/mol. The fourth-order valence-electron chi connectivity index (χ4n) is 8.73. The molecule has 0 bridgehead atoms. The van der Waals surface area contributed by atoms with Crippen molar-refractivity contribution in [2.75, 3.05) is 13.2 Å². The Morgan fingerprint density at radius 2 is 0.506 bits per heavy atom. The second kappa shape index (κ2) is 64.3. The van der Waals surface area contributed by atoms with Crippen molar-refractivity contribution in [2.45, 2.75) is 297 Å². The zero-order valence-electron chi connectivity index (χ0n) is 50.2. The van der Waals surface area contributed by atoms with E-state index < -0.39 is 6.10 Å². The number of carbonyl (C=O) groups excluding carboxylic acids is 3. The van der Waals surface area contributed by atoms with Gasteiger partial charge in [-0.05, 0) is 109 Å². The minimum atomic E-state index is -0.792. The third kappa shape index (κ3) is 62.5. The van der Waals surface area contributed by atoms with E-state index in [-0.39, 0.29) is 37.5 Å². The standard InChI is InChI=1S/C71H118O6/c1-4-7-10-13-15-17-19-21-23-25-27-28-29-30-31-32-33-34-35-36-37-38-39-40-41-42-44-45-47-49-51-53-55-58-61-64-70(73)76-67-68(66-75-69(72)63-60-57-12-9-6-3)77-71(74)65-62-59-56-54-52-50-48-46-43-26-24-22-20-18-16-14-11-8-5-2/h7-8,10-11,15-18,21-24,27-28,30-31,43,46,50,52,68H,4-6,9,12-14,19-20,25-26,29,32-42,44-45,47-49,51,53-67H2,1-3H3/b10-7-,11-8-,17-15-,18-16-,23-21-,24-22-,28-27-,31-30-,46-43-,52-50-. The van der Waals surface area contributed by atoms with E-state index in [4.69, 9.17) is 14.2 Å².